The number of carbonyl (C=O) groups is 1. The van der Waals surface area contributed by atoms with Gasteiger partial charge in [0.15, 0.2) is 17.5 Å². The summed E-state index contributed by atoms with van der Waals surface area (Å²) >= 11 is 0. The number of aromatic nitrogens is 4. The van der Waals surface area contributed by atoms with E-state index in [-0.39, 0.29) is 24.1 Å². The predicted octanol–water partition coefficient (Wildman–Crippen LogP) is 3.03. The van der Waals surface area contributed by atoms with Crippen molar-refractivity contribution in [2.24, 2.45) is 0 Å². The first-order chi connectivity index (χ1) is 15.2. The van der Waals surface area contributed by atoms with Gasteiger partial charge in [0.1, 0.15) is 23.4 Å². The van der Waals surface area contributed by atoms with Crippen molar-refractivity contribution in [2.45, 2.75) is 39.3 Å². The molecule has 0 aliphatic carbocycles. The summed E-state index contributed by atoms with van der Waals surface area (Å²) in [7, 11) is 3.57. The van der Waals surface area contributed by atoms with E-state index in [1.807, 2.05) is 25.8 Å². The first kappa shape index (κ1) is 21.8. The molecule has 4 rings (SSSR count). The largest absolute Gasteiger partial charge is 0.346 e. The maximum atomic E-state index is 13.9. The van der Waals surface area contributed by atoms with E-state index in [0.717, 1.165) is 17.3 Å². The van der Waals surface area contributed by atoms with Gasteiger partial charge in [0.2, 0.25) is 5.91 Å². The molecular formula is C22H23F3N6O. The molecule has 0 fully saturated rings. The van der Waals surface area contributed by atoms with E-state index in [1.54, 1.807) is 24.3 Å². The highest BCUT2D eigenvalue weighted by Crippen LogP contribution is 2.34. The molecule has 0 bridgehead atoms. The third-order valence-electron chi connectivity index (χ3n) is 5.77. The van der Waals surface area contributed by atoms with E-state index in [1.165, 1.54) is 4.68 Å². The summed E-state index contributed by atoms with van der Waals surface area (Å²) in [6, 6.07) is 1.06. The van der Waals surface area contributed by atoms with Crippen LogP contribution in [0.25, 0.3) is 0 Å². The summed E-state index contributed by atoms with van der Waals surface area (Å²) in [4.78, 5) is 25.1. The van der Waals surface area contributed by atoms with E-state index in [4.69, 9.17) is 0 Å². The van der Waals surface area contributed by atoms with Gasteiger partial charge < -0.3 is 9.80 Å². The number of amides is 1. The molecule has 1 amide bonds. The fraction of sp³-hybridized carbons (Fsp3) is 0.364. The molecule has 1 aliphatic rings. The first-order valence-electron chi connectivity index (χ1n) is 10.2. The van der Waals surface area contributed by atoms with Crippen LogP contribution in [0.2, 0.25) is 0 Å². The average Bonchev–Trinajstić information content (AvgIpc) is 3.20. The Labute approximate surface area is 183 Å². The zero-order valence-corrected chi connectivity index (χ0v) is 18.2. The molecule has 0 saturated carbocycles. The summed E-state index contributed by atoms with van der Waals surface area (Å²) in [5, 5.41) is 4.19. The number of aryl methyl sites for hydroxylation is 3. The molecule has 0 radical (unpaired) electrons. The van der Waals surface area contributed by atoms with Crippen molar-refractivity contribution in [3.05, 3.63) is 64.6 Å². The molecule has 3 heterocycles. The molecule has 0 saturated heterocycles. The van der Waals surface area contributed by atoms with Crippen molar-refractivity contribution < 1.29 is 18.0 Å². The molecule has 168 valence electrons. The maximum absolute atomic E-state index is 13.9. The molecular weight excluding hydrogens is 421 g/mol. The maximum Gasteiger partial charge on any atom is 0.249 e. The molecule has 10 heteroatoms. The lowest BCUT2D eigenvalue weighted by molar-refractivity contribution is -0.119. The molecule has 32 heavy (non-hydrogen) atoms. The summed E-state index contributed by atoms with van der Waals surface area (Å²) in [6.45, 7) is 3.68. The monoisotopic (exact) mass is 444 g/mol. The molecule has 1 aromatic carbocycles. The molecule has 0 N–H and O–H groups in total. The van der Waals surface area contributed by atoms with E-state index in [2.05, 4.69) is 15.1 Å². The minimum Gasteiger partial charge on any atom is -0.346 e. The van der Waals surface area contributed by atoms with Crippen LogP contribution in [-0.4, -0.2) is 45.8 Å². The molecule has 7 nitrogen and oxygen atoms in total. The van der Waals surface area contributed by atoms with Gasteiger partial charge in [-0.2, -0.15) is 5.10 Å². The van der Waals surface area contributed by atoms with Crippen molar-refractivity contribution in [3.8, 4) is 0 Å². The zero-order valence-electron chi connectivity index (χ0n) is 18.2. The van der Waals surface area contributed by atoms with Crippen LogP contribution in [0.15, 0.2) is 24.5 Å². The van der Waals surface area contributed by atoms with Crippen LogP contribution in [0, 0.1) is 24.4 Å². The van der Waals surface area contributed by atoms with Gasteiger partial charge in [-0.3, -0.25) is 9.48 Å². The predicted molar refractivity (Wildman–Crippen MR) is 113 cm³/mol. The summed E-state index contributed by atoms with van der Waals surface area (Å²) < 4.78 is 41.9. The second kappa shape index (κ2) is 8.25. The van der Waals surface area contributed by atoms with Gasteiger partial charge in [-0.15, -0.1) is 0 Å². The second-order valence-corrected chi connectivity index (χ2v) is 7.99. The Morgan fingerprint density at radius 2 is 1.75 bits per heavy atom. The number of hydrogen-bond acceptors (Lipinski definition) is 5. The van der Waals surface area contributed by atoms with Crippen molar-refractivity contribution in [3.63, 3.8) is 0 Å². The van der Waals surface area contributed by atoms with Crippen LogP contribution in [-0.2, 0) is 24.2 Å². The summed E-state index contributed by atoms with van der Waals surface area (Å²) in [5.41, 5.74) is 2.33. The van der Waals surface area contributed by atoms with Gasteiger partial charge in [-0.05, 0) is 31.9 Å². The Morgan fingerprint density at radius 3 is 2.50 bits per heavy atom. The van der Waals surface area contributed by atoms with Crippen LogP contribution in [0.1, 0.15) is 29.6 Å². The summed E-state index contributed by atoms with van der Waals surface area (Å²) in [6.07, 6.45) is 4.50. The lowest BCUT2D eigenvalue weighted by Crippen LogP contribution is -2.50. The number of anilines is 2. The van der Waals surface area contributed by atoms with E-state index < -0.39 is 17.5 Å². The van der Waals surface area contributed by atoms with Crippen molar-refractivity contribution >= 4 is 17.4 Å². The van der Waals surface area contributed by atoms with E-state index >= 15 is 0 Å². The number of carbonyl (C=O) groups excluding carboxylic acids is 1. The highest BCUT2D eigenvalue weighted by Gasteiger charge is 2.34. The van der Waals surface area contributed by atoms with Gasteiger partial charge in [-0.1, -0.05) is 0 Å². The normalized spacial score (nSPS) is 16.0. The minimum atomic E-state index is -1.22. The van der Waals surface area contributed by atoms with Gasteiger partial charge in [-0.25, -0.2) is 23.1 Å². The number of hydrogen-bond donors (Lipinski definition) is 0. The minimum absolute atomic E-state index is 0.00987. The molecule has 1 atom stereocenters. The topological polar surface area (TPSA) is 67.2 Å². The molecule has 2 aromatic heterocycles. The van der Waals surface area contributed by atoms with Crippen LogP contribution >= 0.6 is 0 Å². The average molecular weight is 444 g/mol. The van der Waals surface area contributed by atoms with Crippen LogP contribution in [0.5, 0.6) is 0 Å². The van der Waals surface area contributed by atoms with Crippen molar-refractivity contribution in [1.29, 1.82) is 0 Å². The lowest BCUT2D eigenvalue weighted by atomic mass is 10.1. The van der Waals surface area contributed by atoms with Gasteiger partial charge in [0.05, 0.1) is 18.4 Å². The number of rotatable bonds is 5. The van der Waals surface area contributed by atoms with E-state index in [0.29, 0.717) is 36.2 Å². The quantitative estimate of drug-likeness (QED) is 0.566. The van der Waals surface area contributed by atoms with Gasteiger partial charge in [0, 0.05) is 38.3 Å². The van der Waals surface area contributed by atoms with Crippen molar-refractivity contribution in [1.82, 2.24) is 19.7 Å². The highest BCUT2D eigenvalue weighted by atomic mass is 19.2. The molecule has 3 aromatic rings. The fourth-order valence-electron chi connectivity index (χ4n) is 3.84. The third kappa shape index (κ3) is 3.92. The second-order valence-electron chi connectivity index (χ2n) is 7.99. The first-order valence-corrected chi connectivity index (χ1v) is 10.2. The van der Waals surface area contributed by atoms with Crippen LogP contribution < -0.4 is 9.80 Å². The molecule has 1 aliphatic heterocycles. The third-order valence-corrected chi connectivity index (χ3v) is 5.77. The Morgan fingerprint density at radius 1 is 1.03 bits per heavy atom. The zero-order chi connectivity index (χ0) is 23.2. The lowest BCUT2D eigenvalue weighted by Gasteiger charge is -2.37. The smallest absolute Gasteiger partial charge is 0.249 e. The van der Waals surface area contributed by atoms with Gasteiger partial charge in [0.25, 0.3) is 0 Å². The summed E-state index contributed by atoms with van der Waals surface area (Å²) in [5.74, 6) is -1.79. The molecule has 0 spiro atoms. The number of likely N-dealkylation sites (N-methyl/N-ethyl adjacent to an activating group) is 2. The Hall–Kier alpha value is -3.43. The Balaban J connectivity index is 1.49. The fourth-order valence-corrected chi connectivity index (χ4v) is 3.84. The number of nitrogens with zero attached hydrogens (tertiary/aromatic N) is 6. The number of halogens is 3. The van der Waals surface area contributed by atoms with E-state index in [9.17, 15) is 18.0 Å². The Kier molecular flexibility index (Phi) is 5.62. The van der Waals surface area contributed by atoms with Crippen LogP contribution in [0.4, 0.5) is 24.7 Å². The Bertz CT molecular complexity index is 1190. The van der Waals surface area contributed by atoms with Crippen molar-refractivity contribution in [2.75, 3.05) is 23.9 Å². The standard InChI is InChI=1S/C22H23F3N6O/c1-12-20-21(29(3)13(2)22(32)30(20)4)28-19(27-12)6-5-14-9-26-31(10-14)11-15-7-17(24)18(25)8-16(15)23/h7-10,13H,5-6,11H2,1-4H3/t13-/m0/s1. The van der Waals surface area contributed by atoms with Crippen LogP contribution in [0.3, 0.4) is 0 Å². The number of benzene rings is 1. The molecule has 0 unspecified atom stereocenters. The number of fused-ring (bicyclic) bond motifs is 1. The highest BCUT2D eigenvalue weighted by molar-refractivity contribution is 6.04. The van der Waals surface area contributed by atoms with Gasteiger partial charge >= 0.3 is 0 Å². The SMILES string of the molecule is Cc1nc(CCc2cnn(Cc3cc(F)c(F)cc3F)c2)nc2c1N(C)C(=O)[C@H](C)N2C.